The van der Waals surface area contributed by atoms with Crippen LogP contribution < -0.4 is 11.2 Å². The Hall–Kier alpha value is -1.13. The lowest BCUT2D eigenvalue weighted by molar-refractivity contribution is -0.0583. The summed E-state index contributed by atoms with van der Waals surface area (Å²) in [5, 5.41) is 13.3. The Labute approximate surface area is 211 Å². The van der Waals surface area contributed by atoms with Gasteiger partial charge in [0.2, 0.25) is 0 Å². The molecular formula is C23H38N2O7SSi2. The van der Waals surface area contributed by atoms with Gasteiger partial charge in [-0.3, -0.25) is 14.3 Å². The molecular weight excluding hydrogens is 504 g/mol. The molecule has 2 saturated heterocycles. The predicted molar refractivity (Wildman–Crippen MR) is 140 cm³/mol. The second kappa shape index (κ2) is 9.64. The molecule has 0 bridgehead atoms. The summed E-state index contributed by atoms with van der Waals surface area (Å²) >= 11 is 1.24. The van der Waals surface area contributed by atoms with Gasteiger partial charge in [0.15, 0.2) is 6.23 Å². The Kier molecular flexibility index (Phi) is 7.41. The van der Waals surface area contributed by atoms with E-state index in [9.17, 15) is 14.7 Å². The largest absolute Gasteiger partial charge is 0.414 e. The lowest BCUT2D eigenvalue weighted by Crippen LogP contribution is -2.65. The standard InChI is InChI=1S/C23H38N2O7SSi2/c1-12(2)34(13(3)4)29-11-17-19(31-35(32-34,14(5)6)15(7)8)18(26)22(30-17)25-16-9-10-33-20(16)21(27)24-23(25)28/h9-10,12-15,17-19,22,26H,11H2,1-8H3,(H,24,27,28)/t17-,18?,19?,22?/m1/s1. The first kappa shape index (κ1) is 26.9. The number of aromatic nitrogens is 2. The number of fused-ring (bicyclic) bond motifs is 2. The van der Waals surface area contributed by atoms with Crippen molar-refractivity contribution in [3.05, 3.63) is 32.3 Å². The van der Waals surface area contributed by atoms with Gasteiger partial charge in [0, 0.05) is 0 Å². The number of ether oxygens (including phenoxy) is 1. The predicted octanol–water partition coefficient (Wildman–Crippen LogP) is 3.97. The summed E-state index contributed by atoms with van der Waals surface area (Å²) in [7, 11) is -5.70. The summed E-state index contributed by atoms with van der Waals surface area (Å²) in [5.41, 5.74) is -0.0785. The average Bonchev–Trinajstić information content (AvgIpc) is 3.34. The van der Waals surface area contributed by atoms with Gasteiger partial charge in [-0.1, -0.05) is 55.4 Å². The number of aliphatic hydroxyl groups is 1. The van der Waals surface area contributed by atoms with Gasteiger partial charge in [0.05, 0.1) is 12.1 Å². The van der Waals surface area contributed by atoms with Crippen LogP contribution in [-0.2, 0) is 17.7 Å². The van der Waals surface area contributed by atoms with Gasteiger partial charge in [-0.05, 0) is 33.6 Å². The van der Waals surface area contributed by atoms with E-state index in [1.807, 2.05) is 0 Å². The zero-order valence-electron chi connectivity index (χ0n) is 21.7. The molecule has 0 saturated carbocycles. The Morgan fingerprint density at radius 1 is 1.03 bits per heavy atom. The first-order valence-electron chi connectivity index (χ1n) is 12.4. The van der Waals surface area contributed by atoms with E-state index in [0.29, 0.717) is 10.2 Å². The van der Waals surface area contributed by atoms with Crippen molar-refractivity contribution in [2.45, 2.75) is 102 Å². The van der Waals surface area contributed by atoms with Gasteiger partial charge in [0.1, 0.15) is 23.0 Å². The van der Waals surface area contributed by atoms with Crippen molar-refractivity contribution in [2.75, 3.05) is 6.61 Å². The fourth-order valence-corrected chi connectivity index (χ4v) is 17.6. The second-order valence-electron chi connectivity index (χ2n) is 10.9. The summed E-state index contributed by atoms with van der Waals surface area (Å²) in [6, 6.07) is 1.70. The molecule has 4 atom stereocenters. The molecule has 9 nitrogen and oxygen atoms in total. The van der Waals surface area contributed by atoms with E-state index in [1.165, 1.54) is 15.9 Å². The maximum Gasteiger partial charge on any atom is 0.335 e. The lowest BCUT2D eigenvalue weighted by Gasteiger charge is -2.51. The number of aliphatic hydroxyl groups excluding tert-OH is 1. The Morgan fingerprint density at radius 2 is 1.63 bits per heavy atom. The van der Waals surface area contributed by atoms with Crippen LogP contribution in [0.2, 0.25) is 22.2 Å². The molecule has 2 aliphatic heterocycles. The van der Waals surface area contributed by atoms with Crippen molar-refractivity contribution in [1.82, 2.24) is 9.55 Å². The minimum atomic E-state index is -2.95. The highest BCUT2D eigenvalue weighted by Gasteiger charge is 2.61. The number of nitrogens with one attached hydrogen (secondary N) is 1. The quantitative estimate of drug-likeness (QED) is 0.550. The van der Waals surface area contributed by atoms with Crippen molar-refractivity contribution >= 4 is 38.7 Å². The van der Waals surface area contributed by atoms with E-state index in [1.54, 1.807) is 11.4 Å². The third-order valence-electron chi connectivity index (χ3n) is 7.44. The number of nitrogens with zero attached hydrogens (tertiary/aromatic N) is 1. The molecule has 0 amide bonds. The zero-order chi connectivity index (χ0) is 25.9. The monoisotopic (exact) mass is 542 g/mol. The van der Waals surface area contributed by atoms with Crippen LogP contribution in [-0.4, -0.2) is 56.7 Å². The van der Waals surface area contributed by atoms with Crippen molar-refractivity contribution < 1.29 is 22.8 Å². The van der Waals surface area contributed by atoms with Gasteiger partial charge in [-0.2, -0.15) is 0 Å². The van der Waals surface area contributed by atoms with Crippen LogP contribution in [0.15, 0.2) is 21.0 Å². The smallest absolute Gasteiger partial charge is 0.335 e. The molecule has 4 rings (SSSR count). The van der Waals surface area contributed by atoms with Crippen LogP contribution in [0.5, 0.6) is 0 Å². The van der Waals surface area contributed by atoms with Crippen LogP contribution in [0.1, 0.15) is 61.6 Å². The molecule has 196 valence electrons. The van der Waals surface area contributed by atoms with Gasteiger partial charge < -0.3 is 22.8 Å². The number of H-pyrrole nitrogens is 1. The van der Waals surface area contributed by atoms with E-state index < -0.39 is 52.9 Å². The van der Waals surface area contributed by atoms with Crippen molar-refractivity contribution in [3.63, 3.8) is 0 Å². The van der Waals surface area contributed by atoms with Crippen LogP contribution >= 0.6 is 11.3 Å². The van der Waals surface area contributed by atoms with E-state index >= 15 is 0 Å². The van der Waals surface area contributed by atoms with Crippen molar-refractivity contribution in [3.8, 4) is 0 Å². The molecule has 2 aromatic rings. The lowest BCUT2D eigenvalue weighted by atomic mass is 10.1. The van der Waals surface area contributed by atoms with E-state index in [0.717, 1.165) is 0 Å². The fraction of sp³-hybridized carbons (Fsp3) is 0.739. The average molecular weight is 543 g/mol. The molecule has 0 spiro atoms. The van der Waals surface area contributed by atoms with Crippen LogP contribution in [0.3, 0.4) is 0 Å². The van der Waals surface area contributed by atoms with Gasteiger partial charge in [0.25, 0.3) is 5.56 Å². The summed E-state index contributed by atoms with van der Waals surface area (Å²) in [6.45, 7) is 17.2. The molecule has 2 fully saturated rings. The highest BCUT2D eigenvalue weighted by Crippen LogP contribution is 2.48. The van der Waals surface area contributed by atoms with Crippen molar-refractivity contribution in [2.24, 2.45) is 0 Å². The summed E-state index contributed by atoms with van der Waals surface area (Å²) in [5.74, 6) is 0. The SMILES string of the molecule is CC(C)[Si]1(C(C)C)OC[C@H]2OC(n3c(=O)[nH]c(=O)c4sccc43)C(O)C2O[Si](C(C)C)(C(C)C)O1. The molecule has 0 aliphatic carbocycles. The zero-order valence-corrected chi connectivity index (χ0v) is 24.5. The van der Waals surface area contributed by atoms with Gasteiger partial charge in [-0.15, -0.1) is 11.3 Å². The minimum Gasteiger partial charge on any atom is -0.414 e. The third kappa shape index (κ3) is 4.25. The highest BCUT2D eigenvalue weighted by atomic mass is 32.1. The fourth-order valence-electron chi connectivity index (χ4n) is 5.59. The van der Waals surface area contributed by atoms with Crippen LogP contribution in [0, 0.1) is 0 Å². The number of hydrogen-bond acceptors (Lipinski definition) is 8. The Balaban J connectivity index is 1.82. The Bertz CT molecular complexity index is 1160. The maximum atomic E-state index is 12.9. The second-order valence-corrected chi connectivity index (χ2v) is 20.6. The molecule has 2 N–H and O–H groups in total. The minimum absolute atomic E-state index is 0.0971. The third-order valence-corrected chi connectivity index (χ3v) is 18.6. The normalized spacial score (nSPS) is 28.7. The highest BCUT2D eigenvalue weighted by molar-refractivity contribution is 7.17. The summed E-state index contributed by atoms with van der Waals surface area (Å²) in [4.78, 5) is 27.5. The molecule has 4 heterocycles. The van der Waals surface area contributed by atoms with Crippen LogP contribution in [0.25, 0.3) is 10.2 Å². The molecule has 0 radical (unpaired) electrons. The van der Waals surface area contributed by atoms with Gasteiger partial charge in [-0.25, -0.2) is 4.79 Å². The number of hydrogen-bond donors (Lipinski definition) is 2. The van der Waals surface area contributed by atoms with E-state index in [4.69, 9.17) is 17.7 Å². The number of aromatic amines is 1. The van der Waals surface area contributed by atoms with Crippen LogP contribution in [0.4, 0.5) is 0 Å². The topological polar surface area (TPSA) is 112 Å². The van der Waals surface area contributed by atoms with Gasteiger partial charge >= 0.3 is 22.8 Å². The molecule has 12 heteroatoms. The number of rotatable bonds is 5. The first-order valence-corrected chi connectivity index (χ1v) is 17.2. The molecule has 0 aromatic carbocycles. The maximum absolute atomic E-state index is 12.9. The summed E-state index contributed by atoms with van der Waals surface area (Å²) in [6.07, 6.45) is -3.47. The first-order chi connectivity index (χ1) is 16.4. The number of thiophene rings is 1. The van der Waals surface area contributed by atoms with E-state index in [2.05, 4.69) is 60.4 Å². The Morgan fingerprint density at radius 3 is 2.20 bits per heavy atom. The molecule has 2 aliphatic rings. The molecule has 3 unspecified atom stereocenters. The molecule has 2 aromatic heterocycles. The van der Waals surface area contributed by atoms with Crippen molar-refractivity contribution in [1.29, 1.82) is 0 Å². The van der Waals surface area contributed by atoms with E-state index in [-0.39, 0.29) is 28.8 Å². The molecule has 35 heavy (non-hydrogen) atoms. The summed E-state index contributed by atoms with van der Waals surface area (Å²) < 4.78 is 28.9.